The first-order valence-electron chi connectivity index (χ1n) is 3.35. The zero-order valence-corrected chi connectivity index (χ0v) is 8.21. The van der Waals surface area contributed by atoms with Gasteiger partial charge in [0.15, 0.2) is 0 Å². The Hall–Kier alpha value is -0.0600. The first-order chi connectivity index (χ1) is 4.84. The van der Waals surface area contributed by atoms with Crippen molar-refractivity contribution in [1.29, 1.82) is 0 Å². The molecule has 0 saturated carbocycles. The van der Waals surface area contributed by atoms with Gasteiger partial charge in [-0.05, 0) is 17.3 Å². The summed E-state index contributed by atoms with van der Waals surface area (Å²) in [6.45, 7) is 0. The van der Waals surface area contributed by atoms with Crippen molar-refractivity contribution in [2.45, 2.75) is 12.8 Å². The first-order valence-corrected chi connectivity index (χ1v) is 4.88. The molecule has 1 rings (SSSR count). The number of aryl methyl sites for hydroxylation is 2. The number of rotatable bonds is 3. The SMILES string of the molecule is Cn1cncc1CCCI. The first kappa shape index (κ1) is 8.04. The van der Waals surface area contributed by atoms with Crippen molar-refractivity contribution >= 4 is 22.6 Å². The van der Waals surface area contributed by atoms with Gasteiger partial charge in [-0.25, -0.2) is 4.98 Å². The van der Waals surface area contributed by atoms with Crippen LogP contribution in [-0.2, 0) is 13.5 Å². The van der Waals surface area contributed by atoms with Gasteiger partial charge in [-0.15, -0.1) is 0 Å². The van der Waals surface area contributed by atoms with Crippen LogP contribution in [0.15, 0.2) is 12.5 Å². The summed E-state index contributed by atoms with van der Waals surface area (Å²) in [5.41, 5.74) is 1.33. The Balaban J connectivity index is 2.49. The second-order valence-electron chi connectivity index (χ2n) is 2.29. The summed E-state index contributed by atoms with van der Waals surface area (Å²) in [6.07, 6.45) is 6.19. The van der Waals surface area contributed by atoms with Crippen molar-refractivity contribution in [3.8, 4) is 0 Å². The fourth-order valence-corrected chi connectivity index (χ4v) is 1.25. The molecular weight excluding hydrogens is 239 g/mol. The number of alkyl halides is 1. The smallest absolute Gasteiger partial charge is 0.0945 e. The minimum atomic E-state index is 1.15. The van der Waals surface area contributed by atoms with Crippen LogP contribution in [0.25, 0.3) is 0 Å². The van der Waals surface area contributed by atoms with Gasteiger partial charge in [-0.1, -0.05) is 22.6 Å². The molecule has 1 aromatic rings. The molecule has 0 bridgehead atoms. The largest absolute Gasteiger partial charge is 0.338 e. The molecule has 56 valence electrons. The maximum atomic E-state index is 4.04. The molecule has 0 aliphatic rings. The maximum Gasteiger partial charge on any atom is 0.0945 e. The maximum absolute atomic E-state index is 4.04. The number of halogens is 1. The topological polar surface area (TPSA) is 17.8 Å². The Labute approximate surface area is 74.8 Å². The quantitative estimate of drug-likeness (QED) is 0.590. The minimum absolute atomic E-state index is 1.15. The van der Waals surface area contributed by atoms with E-state index in [1.54, 1.807) is 0 Å². The zero-order valence-electron chi connectivity index (χ0n) is 6.05. The summed E-state index contributed by atoms with van der Waals surface area (Å²) in [4.78, 5) is 4.04. The lowest BCUT2D eigenvalue weighted by Gasteiger charge is -1.97. The number of imidazole rings is 1. The van der Waals surface area contributed by atoms with Crippen molar-refractivity contribution in [2.24, 2.45) is 7.05 Å². The lowest BCUT2D eigenvalue weighted by atomic mass is 10.3. The molecule has 0 aliphatic heterocycles. The average molecular weight is 250 g/mol. The lowest BCUT2D eigenvalue weighted by Crippen LogP contribution is -1.94. The van der Waals surface area contributed by atoms with Gasteiger partial charge >= 0.3 is 0 Å². The molecular formula is C7H11IN2. The normalized spacial score (nSPS) is 10.2. The van der Waals surface area contributed by atoms with Crippen molar-refractivity contribution in [1.82, 2.24) is 9.55 Å². The van der Waals surface area contributed by atoms with Crippen LogP contribution >= 0.6 is 22.6 Å². The van der Waals surface area contributed by atoms with E-state index in [1.165, 1.54) is 16.5 Å². The standard InChI is InChI=1S/C7H11IN2/c1-10-6-9-5-7(10)3-2-4-8/h5-6H,2-4H2,1H3. The third kappa shape index (κ3) is 1.97. The predicted octanol–water partition coefficient (Wildman–Crippen LogP) is 1.79. The monoisotopic (exact) mass is 250 g/mol. The highest BCUT2D eigenvalue weighted by Crippen LogP contribution is 2.01. The average Bonchev–Trinajstić information content (AvgIpc) is 2.31. The van der Waals surface area contributed by atoms with Crippen LogP contribution in [0, 0.1) is 0 Å². The Bertz CT molecular complexity index is 195. The molecule has 1 heterocycles. The van der Waals surface area contributed by atoms with Gasteiger partial charge in [0.25, 0.3) is 0 Å². The minimum Gasteiger partial charge on any atom is -0.338 e. The Morgan fingerprint density at radius 2 is 2.50 bits per heavy atom. The molecule has 0 saturated heterocycles. The molecule has 3 heteroatoms. The van der Waals surface area contributed by atoms with Crippen LogP contribution in [0.5, 0.6) is 0 Å². The Morgan fingerprint density at radius 3 is 3.00 bits per heavy atom. The Kier molecular flexibility index (Phi) is 3.18. The van der Waals surface area contributed by atoms with E-state index in [0.29, 0.717) is 0 Å². The summed E-state index contributed by atoms with van der Waals surface area (Å²) in [5, 5.41) is 0. The van der Waals surface area contributed by atoms with Crippen molar-refractivity contribution in [3.05, 3.63) is 18.2 Å². The van der Waals surface area contributed by atoms with Crippen LogP contribution in [0.4, 0.5) is 0 Å². The van der Waals surface area contributed by atoms with E-state index in [-0.39, 0.29) is 0 Å². The van der Waals surface area contributed by atoms with Gasteiger partial charge in [0.2, 0.25) is 0 Å². The number of aromatic nitrogens is 2. The van der Waals surface area contributed by atoms with E-state index in [9.17, 15) is 0 Å². The van der Waals surface area contributed by atoms with E-state index in [4.69, 9.17) is 0 Å². The summed E-state index contributed by atoms with van der Waals surface area (Å²) in [6, 6.07) is 0. The van der Waals surface area contributed by atoms with Gasteiger partial charge in [0.1, 0.15) is 0 Å². The molecule has 10 heavy (non-hydrogen) atoms. The zero-order chi connectivity index (χ0) is 7.40. The number of nitrogens with zero attached hydrogens (tertiary/aromatic N) is 2. The van der Waals surface area contributed by atoms with Crippen LogP contribution in [0.1, 0.15) is 12.1 Å². The molecule has 0 atom stereocenters. The van der Waals surface area contributed by atoms with Gasteiger partial charge in [0, 0.05) is 18.9 Å². The van der Waals surface area contributed by atoms with E-state index in [2.05, 4.69) is 32.1 Å². The molecule has 2 nitrogen and oxygen atoms in total. The summed E-state index contributed by atoms with van der Waals surface area (Å²) in [5.74, 6) is 0. The van der Waals surface area contributed by atoms with Crippen molar-refractivity contribution < 1.29 is 0 Å². The lowest BCUT2D eigenvalue weighted by molar-refractivity contribution is 0.793. The van der Waals surface area contributed by atoms with Gasteiger partial charge in [0.05, 0.1) is 6.33 Å². The van der Waals surface area contributed by atoms with Gasteiger partial charge in [-0.3, -0.25) is 0 Å². The molecule has 0 amide bonds. The molecule has 0 aliphatic carbocycles. The van der Waals surface area contributed by atoms with Crippen LogP contribution in [0.2, 0.25) is 0 Å². The number of hydrogen-bond donors (Lipinski definition) is 0. The molecule has 0 radical (unpaired) electrons. The molecule has 0 unspecified atom stereocenters. The van der Waals surface area contributed by atoms with Crippen LogP contribution in [-0.4, -0.2) is 14.0 Å². The highest BCUT2D eigenvalue weighted by atomic mass is 127. The highest BCUT2D eigenvalue weighted by Gasteiger charge is 1.95. The second-order valence-corrected chi connectivity index (χ2v) is 3.37. The predicted molar refractivity (Wildman–Crippen MR) is 50.4 cm³/mol. The number of hydrogen-bond acceptors (Lipinski definition) is 1. The van der Waals surface area contributed by atoms with E-state index in [1.807, 2.05) is 19.6 Å². The van der Waals surface area contributed by atoms with Gasteiger partial charge in [-0.2, -0.15) is 0 Å². The summed E-state index contributed by atoms with van der Waals surface area (Å²) >= 11 is 2.39. The summed E-state index contributed by atoms with van der Waals surface area (Å²) in [7, 11) is 2.04. The van der Waals surface area contributed by atoms with E-state index >= 15 is 0 Å². The van der Waals surface area contributed by atoms with Gasteiger partial charge < -0.3 is 4.57 Å². The summed E-state index contributed by atoms with van der Waals surface area (Å²) < 4.78 is 3.30. The molecule has 0 N–H and O–H groups in total. The van der Waals surface area contributed by atoms with E-state index in [0.717, 1.165) is 6.42 Å². The second kappa shape index (κ2) is 3.95. The van der Waals surface area contributed by atoms with Crippen LogP contribution in [0.3, 0.4) is 0 Å². The van der Waals surface area contributed by atoms with E-state index < -0.39 is 0 Å². The Morgan fingerprint density at radius 1 is 1.70 bits per heavy atom. The van der Waals surface area contributed by atoms with Crippen molar-refractivity contribution in [3.63, 3.8) is 0 Å². The fourth-order valence-electron chi connectivity index (χ4n) is 0.873. The van der Waals surface area contributed by atoms with Crippen molar-refractivity contribution in [2.75, 3.05) is 4.43 Å². The highest BCUT2D eigenvalue weighted by molar-refractivity contribution is 14.1. The third-order valence-corrected chi connectivity index (χ3v) is 2.25. The molecule has 0 aromatic carbocycles. The third-order valence-electron chi connectivity index (χ3n) is 1.48. The molecule has 0 fully saturated rings. The van der Waals surface area contributed by atoms with Crippen LogP contribution < -0.4 is 0 Å². The molecule has 0 spiro atoms. The fraction of sp³-hybridized carbons (Fsp3) is 0.571. The molecule has 1 aromatic heterocycles.